The van der Waals surface area contributed by atoms with E-state index in [1.807, 2.05) is 42.3 Å². The van der Waals surface area contributed by atoms with E-state index in [2.05, 4.69) is 39.3 Å². The third-order valence-corrected chi connectivity index (χ3v) is 4.53. The first kappa shape index (κ1) is 16.6. The molecule has 26 heavy (non-hydrogen) atoms. The molecule has 0 aliphatic carbocycles. The van der Waals surface area contributed by atoms with Gasteiger partial charge in [-0.25, -0.2) is 0 Å². The van der Waals surface area contributed by atoms with Gasteiger partial charge in [0, 0.05) is 37.9 Å². The Bertz CT molecular complexity index is 844. The molecular formula is C20H22N4O2. The zero-order valence-electron chi connectivity index (χ0n) is 14.8. The maximum Gasteiger partial charge on any atom is 0.266 e. The lowest BCUT2D eigenvalue weighted by atomic mass is 10.1. The number of para-hydroxylation sites is 1. The normalized spacial score (nSPS) is 14.4. The molecule has 0 spiro atoms. The molecule has 1 aromatic heterocycles. The van der Waals surface area contributed by atoms with Crippen LogP contribution in [0.15, 0.2) is 59.1 Å². The summed E-state index contributed by atoms with van der Waals surface area (Å²) in [6, 6.07) is 18.3. The molecule has 2 aromatic carbocycles. The summed E-state index contributed by atoms with van der Waals surface area (Å²) in [5, 5.41) is 4.14. The molecule has 0 atom stereocenters. The van der Waals surface area contributed by atoms with E-state index in [1.54, 1.807) is 0 Å². The summed E-state index contributed by atoms with van der Waals surface area (Å²) in [5.41, 5.74) is 3.41. The smallest absolute Gasteiger partial charge is 0.266 e. The van der Waals surface area contributed by atoms with Crippen molar-refractivity contribution in [1.29, 1.82) is 0 Å². The monoisotopic (exact) mass is 350 g/mol. The minimum atomic E-state index is 0.536. The summed E-state index contributed by atoms with van der Waals surface area (Å²) in [7, 11) is 1.98. The van der Waals surface area contributed by atoms with Crippen molar-refractivity contribution in [1.82, 2.24) is 10.1 Å². The summed E-state index contributed by atoms with van der Waals surface area (Å²) in [5.74, 6) is 1.12. The molecule has 0 unspecified atom stereocenters. The first-order valence-corrected chi connectivity index (χ1v) is 8.82. The molecule has 0 bridgehead atoms. The molecular weight excluding hydrogens is 328 g/mol. The van der Waals surface area contributed by atoms with E-state index in [9.17, 15) is 0 Å². The van der Waals surface area contributed by atoms with Gasteiger partial charge in [-0.1, -0.05) is 36.4 Å². The number of ether oxygens (including phenoxy) is 1. The topological polar surface area (TPSA) is 54.6 Å². The Morgan fingerprint density at radius 1 is 1.00 bits per heavy atom. The number of morpholine rings is 1. The summed E-state index contributed by atoms with van der Waals surface area (Å²) in [4.78, 5) is 8.92. The van der Waals surface area contributed by atoms with Gasteiger partial charge in [0.25, 0.3) is 11.8 Å². The lowest BCUT2D eigenvalue weighted by molar-refractivity contribution is 0.122. The van der Waals surface area contributed by atoms with Gasteiger partial charge in [0.05, 0.1) is 13.2 Å². The van der Waals surface area contributed by atoms with Crippen LogP contribution in [-0.4, -0.2) is 43.5 Å². The number of aromatic nitrogens is 2. The fourth-order valence-corrected chi connectivity index (χ4v) is 3.15. The van der Waals surface area contributed by atoms with Gasteiger partial charge >= 0.3 is 0 Å². The Morgan fingerprint density at radius 2 is 1.73 bits per heavy atom. The molecule has 3 aromatic rings. The first-order chi connectivity index (χ1) is 12.8. The van der Waals surface area contributed by atoms with Crippen LogP contribution in [0.5, 0.6) is 0 Å². The molecule has 134 valence electrons. The maximum atomic E-state index is 5.47. The Hall–Kier alpha value is -2.86. The molecule has 1 fully saturated rings. The van der Waals surface area contributed by atoms with Gasteiger partial charge in [-0.15, -0.1) is 0 Å². The van der Waals surface area contributed by atoms with Gasteiger partial charge in [0.2, 0.25) is 0 Å². The molecule has 0 N–H and O–H groups in total. The highest BCUT2D eigenvalue weighted by molar-refractivity contribution is 5.56. The van der Waals surface area contributed by atoms with E-state index in [0.717, 1.165) is 31.9 Å². The zero-order chi connectivity index (χ0) is 17.8. The van der Waals surface area contributed by atoms with Crippen LogP contribution in [0.2, 0.25) is 0 Å². The van der Waals surface area contributed by atoms with Crippen LogP contribution >= 0.6 is 0 Å². The van der Waals surface area contributed by atoms with Crippen LogP contribution in [0, 0.1) is 0 Å². The van der Waals surface area contributed by atoms with Crippen molar-refractivity contribution >= 4 is 11.6 Å². The van der Waals surface area contributed by atoms with E-state index in [-0.39, 0.29) is 0 Å². The minimum absolute atomic E-state index is 0.536. The van der Waals surface area contributed by atoms with Crippen molar-refractivity contribution in [3.63, 3.8) is 0 Å². The molecule has 1 aliphatic rings. The van der Waals surface area contributed by atoms with Gasteiger partial charge in [-0.2, -0.15) is 4.98 Å². The average Bonchev–Trinajstić information content (AvgIpc) is 3.20. The molecule has 0 amide bonds. The van der Waals surface area contributed by atoms with E-state index in [0.29, 0.717) is 18.4 Å². The van der Waals surface area contributed by atoms with Crippen LogP contribution in [0.3, 0.4) is 0 Å². The minimum Gasteiger partial charge on any atom is -0.378 e. The molecule has 4 rings (SSSR count). The lowest BCUT2D eigenvalue weighted by Crippen LogP contribution is -2.37. The fourth-order valence-electron chi connectivity index (χ4n) is 3.15. The predicted octanol–water partition coefficient (Wildman–Crippen LogP) is 3.21. The van der Waals surface area contributed by atoms with Crippen molar-refractivity contribution in [2.45, 2.75) is 6.54 Å². The average molecular weight is 350 g/mol. The SMILES string of the molecule is CN(Cc1ccccc1N1CCOCC1)c1noc(-c2ccccc2)n1. The van der Waals surface area contributed by atoms with Crippen molar-refractivity contribution in [3.8, 4) is 11.5 Å². The number of hydrogen-bond donors (Lipinski definition) is 0. The second-order valence-electron chi connectivity index (χ2n) is 6.35. The number of rotatable bonds is 5. The second-order valence-corrected chi connectivity index (χ2v) is 6.35. The van der Waals surface area contributed by atoms with Gasteiger partial charge in [0.15, 0.2) is 0 Å². The van der Waals surface area contributed by atoms with Crippen LogP contribution in [0.4, 0.5) is 11.6 Å². The van der Waals surface area contributed by atoms with E-state index in [4.69, 9.17) is 9.26 Å². The maximum absolute atomic E-state index is 5.47. The summed E-state index contributed by atoms with van der Waals surface area (Å²) in [6.07, 6.45) is 0. The summed E-state index contributed by atoms with van der Waals surface area (Å²) >= 11 is 0. The van der Waals surface area contributed by atoms with Crippen molar-refractivity contribution < 1.29 is 9.26 Å². The standard InChI is InChI=1S/C20H22N4O2/c1-23(20-21-19(26-22-20)16-7-3-2-4-8-16)15-17-9-5-6-10-18(17)24-11-13-25-14-12-24/h2-10H,11-15H2,1H3. The van der Waals surface area contributed by atoms with Crippen LogP contribution in [0.1, 0.15) is 5.56 Å². The Kier molecular flexibility index (Phi) is 4.84. The number of anilines is 2. The lowest BCUT2D eigenvalue weighted by Gasteiger charge is -2.31. The Labute approximate surface area is 153 Å². The molecule has 0 saturated carbocycles. The largest absolute Gasteiger partial charge is 0.378 e. The second kappa shape index (κ2) is 7.58. The molecule has 6 heteroatoms. The fraction of sp³-hybridized carbons (Fsp3) is 0.300. The highest BCUT2D eigenvalue weighted by Gasteiger charge is 2.17. The molecule has 1 saturated heterocycles. The van der Waals surface area contributed by atoms with Crippen LogP contribution < -0.4 is 9.80 Å². The van der Waals surface area contributed by atoms with Crippen LogP contribution in [0.25, 0.3) is 11.5 Å². The summed E-state index contributed by atoms with van der Waals surface area (Å²) < 4.78 is 10.9. The summed E-state index contributed by atoms with van der Waals surface area (Å²) in [6.45, 7) is 4.09. The quantitative estimate of drug-likeness (QED) is 0.704. The van der Waals surface area contributed by atoms with Gasteiger partial charge in [-0.05, 0) is 28.9 Å². The molecule has 6 nitrogen and oxygen atoms in total. The highest BCUT2D eigenvalue weighted by atomic mass is 16.5. The van der Waals surface area contributed by atoms with E-state index < -0.39 is 0 Å². The Balaban J connectivity index is 1.52. The van der Waals surface area contributed by atoms with Crippen molar-refractivity contribution in [3.05, 3.63) is 60.2 Å². The third kappa shape index (κ3) is 3.55. The first-order valence-electron chi connectivity index (χ1n) is 8.82. The number of benzene rings is 2. The van der Waals surface area contributed by atoms with Gasteiger partial charge in [0.1, 0.15) is 0 Å². The molecule has 1 aliphatic heterocycles. The molecule has 2 heterocycles. The highest BCUT2D eigenvalue weighted by Crippen LogP contribution is 2.25. The van der Waals surface area contributed by atoms with E-state index >= 15 is 0 Å². The molecule has 0 radical (unpaired) electrons. The van der Waals surface area contributed by atoms with Crippen LogP contribution in [-0.2, 0) is 11.3 Å². The van der Waals surface area contributed by atoms with Gasteiger partial charge < -0.3 is 19.1 Å². The number of nitrogens with zero attached hydrogens (tertiary/aromatic N) is 4. The van der Waals surface area contributed by atoms with Crippen molar-refractivity contribution in [2.75, 3.05) is 43.2 Å². The van der Waals surface area contributed by atoms with Gasteiger partial charge in [-0.3, -0.25) is 0 Å². The Morgan fingerprint density at radius 3 is 2.54 bits per heavy atom. The zero-order valence-corrected chi connectivity index (χ0v) is 14.8. The predicted molar refractivity (Wildman–Crippen MR) is 101 cm³/mol. The van der Waals surface area contributed by atoms with E-state index in [1.165, 1.54) is 11.3 Å². The van der Waals surface area contributed by atoms with Crippen molar-refractivity contribution in [2.24, 2.45) is 0 Å². The number of hydrogen-bond acceptors (Lipinski definition) is 6. The third-order valence-electron chi connectivity index (χ3n) is 4.53.